The highest BCUT2D eigenvalue weighted by molar-refractivity contribution is 5.76. The fraction of sp³-hybridized carbons (Fsp3) is 0.923. The van der Waals surface area contributed by atoms with Crippen LogP contribution in [0.25, 0.3) is 0 Å². The van der Waals surface area contributed by atoms with Gasteiger partial charge in [0, 0.05) is 25.6 Å². The number of hydrogen-bond donors (Lipinski definition) is 1. The zero-order valence-electron chi connectivity index (χ0n) is 10.3. The van der Waals surface area contributed by atoms with Gasteiger partial charge in [-0.25, -0.2) is 0 Å². The van der Waals surface area contributed by atoms with Gasteiger partial charge in [-0.15, -0.1) is 0 Å². The maximum Gasteiger partial charge on any atom is 0.222 e. The molecule has 2 saturated carbocycles. The molecule has 1 amide bonds. The Morgan fingerprint density at radius 1 is 1.25 bits per heavy atom. The van der Waals surface area contributed by atoms with E-state index in [1.54, 1.807) is 0 Å². The van der Waals surface area contributed by atoms with Crippen molar-refractivity contribution in [2.75, 3.05) is 13.1 Å². The van der Waals surface area contributed by atoms with Gasteiger partial charge in [0.05, 0.1) is 0 Å². The normalized spacial score (nSPS) is 21.9. The third kappa shape index (κ3) is 4.12. The minimum atomic E-state index is 0.146. The van der Waals surface area contributed by atoms with Gasteiger partial charge in [0.2, 0.25) is 5.91 Å². The van der Waals surface area contributed by atoms with Crippen LogP contribution in [0.3, 0.4) is 0 Å². The van der Waals surface area contributed by atoms with Crippen molar-refractivity contribution in [1.29, 1.82) is 0 Å². The molecule has 0 aromatic carbocycles. The first kappa shape index (κ1) is 11.9. The summed E-state index contributed by atoms with van der Waals surface area (Å²) in [7, 11) is 0. The molecule has 0 aromatic heterocycles. The lowest BCUT2D eigenvalue weighted by atomic mass is 10.1. The van der Waals surface area contributed by atoms with Gasteiger partial charge in [0.15, 0.2) is 0 Å². The van der Waals surface area contributed by atoms with Crippen molar-refractivity contribution in [2.45, 2.75) is 51.5 Å². The first-order valence-corrected chi connectivity index (χ1v) is 6.68. The molecule has 2 N–H and O–H groups in total. The zero-order chi connectivity index (χ0) is 11.5. The Balaban J connectivity index is 1.75. The summed E-state index contributed by atoms with van der Waals surface area (Å²) in [6.07, 6.45) is 6.74. The van der Waals surface area contributed by atoms with Crippen molar-refractivity contribution in [3.8, 4) is 0 Å². The van der Waals surface area contributed by atoms with Crippen LogP contribution in [0.1, 0.15) is 45.4 Å². The van der Waals surface area contributed by atoms with E-state index in [-0.39, 0.29) is 6.04 Å². The van der Waals surface area contributed by atoms with Gasteiger partial charge in [0.25, 0.3) is 0 Å². The molecule has 2 rings (SSSR count). The number of carbonyl (C=O) groups excluding carboxylic acids is 1. The summed E-state index contributed by atoms with van der Waals surface area (Å²) in [4.78, 5) is 14.2. The predicted molar refractivity (Wildman–Crippen MR) is 64.9 cm³/mol. The minimum Gasteiger partial charge on any atom is -0.342 e. The Kier molecular flexibility index (Phi) is 3.85. The molecular formula is C13H24N2O. The molecule has 2 fully saturated rings. The fourth-order valence-corrected chi connectivity index (χ4v) is 2.01. The molecule has 3 heteroatoms. The van der Waals surface area contributed by atoms with Crippen molar-refractivity contribution >= 4 is 5.91 Å². The van der Waals surface area contributed by atoms with E-state index in [1.807, 2.05) is 6.92 Å². The number of rotatable bonds is 7. The smallest absolute Gasteiger partial charge is 0.222 e. The van der Waals surface area contributed by atoms with Crippen molar-refractivity contribution < 1.29 is 4.79 Å². The van der Waals surface area contributed by atoms with Crippen LogP contribution in [-0.2, 0) is 4.79 Å². The van der Waals surface area contributed by atoms with Gasteiger partial charge in [-0.1, -0.05) is 0 Å². The second-order valence-electron chi connectivity index (χ2n) is 5.70. The number of hydrogen-bond acceptors (Lipinski definition) is 2. The molecule has 2 aliphatic rings. The van der Waals surface area contributed by atoms with Crippen LogP contribution >= 0.6 is 0 Å². The molecule has 0 heterocycles. The summed E-state index contributed by atoms with van der Waals surface area (Å²) < 4.78 is 0. The Hall–Kier alpha value is -0.570. The summed E-state index contributed by atoms with van der Waals surface area (Å²) in [5, 5.41) is 0. The zero-order valence-corrected chi connectivity index (χ0v) is 10.3. The van der Waals surface area contributed by atoms with Gasteiger partial charge in [-0.2, -0.15) is 0 Å². The molecule has 0 radical (unpaired) electrons. The molecule has 16 heavy (non-hydrogen) atoms. The van der Waals surface area contributed by atoms with Gasteiger partial charge in [-0.3, -0.25) is 4.79 Å². The summed E-state index contributed by atoms with van der Waals surface area (Å²) >= 11 is 0. The van der Waals surface area contributed by atoms with Crippen LogP contribution < -0.4 is 5.73 Å². The van der Waals surface area contributed by atoms with E-state index in [2.05, 4.69) is 4.90 Å². The van der Waals surface area contributed by atoms with Gasteiger partial charge >= 0.3 is 0 Å². The maximum absolute atomic E-state index is 12.0. The van der Waals surface area contributed by atoms with Gasteiger partial charge in [0.1, 0.15) is 0 Å². The average Bonchev–Trinajstić information content (AvgIpc) is 3.06. The second-order valence-corrected chi connectivity index (χ2v) is 5.70. The van der Waals surface area contributed by atoms with E-state index in [1.165, 1.54) is 25.7 Å². The third-order valence-electron chi connectivity index (χ3n) is 3.52. The number of amides is 1. The standard InChI is InChI=1S/C13H24N2O/c1-10(14)2-7-13(16)15(8-11-3-4-11)9-12-5-6-12/h10-12H,2-9,14H2,1H3. The molecule has 0 saturated heterocycles. The van der Waals surface area contributed by atoms with Crippen LogP contribution in [-0.4, -0.2) is 29.9 Å². The highest BCUT2D eigenvalue weighted by atomic mass is 16.2. The lowest BCUT2D eigenvalue weighted by Gasteiger charge is -2.23. The Morgan fingerprint density at radius 2 is 1.75 bits per heavy atom. The average molecular weight is 224 g/mol. The number of carbonyl (C=O) groups is 1. The van der Waals surface area contributed by atoms with Crippen molar-refractivity contribution in [1.82, 2.24) is 4.90 Å². The number of nitrogens with zero attached hydrogens (tertiary/aromatic N) is 1. The minimum absolute atomic E-state index is 0.146. The maximum atomic E-state index is 12.0. The van der Waals surface area contributed by atoms with Crippen LogP contribution in [0, 0.1) is 11.8 Å². The van der Waals surface area contributed by atoms with Gasteiger partial charge < -0.3 is 10.6 Å². The Morgan fingerprint density at radius 3 is 2.12 bits per heavy atom. The lowest BCUT2D eigenvalue weighted by molar-refractivity contribution is -0.131. The highest BCUT2D eigenvalue weighted by Crippen LogP contribution is 2.33. The summed E-state index contributed by atoms with van der Waals surface area (Å²) in [5.41, 5.74) is 5.70. The van der Waals surface area contributed by atoms with Crippen LogP contribution in [0.15, 0.2) is 0 Å². The Labute approximate surface area is 98.4 Å². The molecule has 0 aromatic rings. The summed E-state index contributed by atoms with van der Waals surface area (Å²) in [5.74, 6) is 1.94. The predicted octanol–water partition coefficient (Wildman–Crippen LogP) is 1.76. The molecule has 1 atom stereocenters. The molecule has 0 spiro atoms. The second kappa shape index (κ2) is 5.17. The van der Waals surface area contributed by atoms with Crippen molar-refractivity contribution in [2.24, 2.45) is 17.6 Å². The first-order valence-electron chi connectivity index (χ1n) is 6.68. The van der Waals surface area contributed by atoms with E-state index in [0.29, 0.717) is 12.3 Å². The monoisotopic (exact) mass is 224 g/mol. The van der Waals surface area contributed by atoms with E-state index in [4.69, 9.17) is 5.73 Å². The summed E-state index contributed by atoms with van der Waals surface area (Å²) in [6, 6.07) is 0.146. The number of nitrogens with two attached hydrogens (primary N) is 1. The van der Waals surface area contributed by atoms with E-state index < -0.39 is 0 Å². The topological polar surface area (TPSA) is 46.3 Å². The molecular weight excluding hydrogens is 200 g/mol. The highest BCUT2D eigenvalue weighted by Gasteiger charge is 2.31. The quantitative estimate of drug-likeness (QED) is 0.716. The largest absolute Gasteiger partial charge is 0.342 e. The van der Waals surface area contributed by atoms with E-state index in [9.17, 15) is 4.79 Å². The van der Waals surface area contributed by atoms with Crippen molar-refractivity contribution in [3.05, 3.63) is 0 Å². The molecule has 0 aliphatic heterocycles. The van der Waals surface area contributed by atoms with E-state index in [0.717, 1.165) is 31.3 Å². The molecule has 2 aliphatic carbocycles. The van der Waals surface area contributed by atoms with E-state index >= 15 is 0 Å². The van der Waals surface area contributed by atoms with Crippen LogP contribution in [0.2, 0.25) is 0 Å². The molecule has 0 bridgehead atoms. The van der Waals surface area contributed by atoms with Crippen LogP contribution in [0.4, 0.5) is 0 Å². The first-order chi connectivity index (χ1) is 7.65. The summed E-state index contributed by atoms with van der Waals surface area (Å²) in [6.45, 7) is 3.99. The molecule has 3 nitrogen and oxygen atoms in total. The molecule has 92 valence electrons. The van der Waals surface area contributed by atoms with Crippen molar-refractivity contribution in [3.63, 3.8) is 0 Å². The molecule has 1 unspecified atom stereocenters. The third-order valence-corrected chi connectivity index (χ3v) is 3.52. The fourth-order valence-electron chi connectivity index (χ4n) is 2.01. The lowest BCUT2D eigenvalue weighted by Crippen LogP contribution is -2.35. The van der Waals surface area contributed by atoms with Gasteiger partial charge in [-0.05, 0) is 50.9 Å². The van der Waals surface area contributed by atoms with Crippen LogP contribution in [0.5, 0.6) is 0 Å². The SMILES string of the molecule is CC(N)CCC(=O)N(CC1CC1)CC1CC1. The Bertz CT molecular complexity index is 230.